The van der Waals surface area contributed by atoms with Crippen LogP contribution in [-0.2, 0) is 52.6 Å². The van der Waals surface area contributed by atoms with Crippen LogP contribution in [0.4, 0.5) is 26.3 Å². The fourth-order valence-electron chi connectivity index (χ4n) is 12.0. The number of nitrogens with zero attached hydrogens (tertiary/aromatic N) is 2. The van der Waals surface area contributed by atoms with Crippen molar-refractivity contribution in [3.63, 3.8) is 0 Å². The van der Waals surface area contributed by atoms with Gasteiger partial charge in [0.1, 0.15) is 12.2 Å². The van der Waals surface area contributed by atoms with Crippen molar-refractivity contribution in [2.24, 2.45) is 23.7 Å². The van der Waals surface area contributed by atoms with E-state index < -0.39 is 47.7 Å². The SMILES string of the molecule is COc1cc2c(cc1OC)[C@@H]1C[C@H](OC(=O)[C@](OC)(c3ccccc3)C(F)(F)F)[C@H](CC(C)C)CN1CC2.COc1cc2c(cc1OC)[C@H]1C[C@@H](OC(=O)[C@@](OC)(c3ccccc3)C(F)(F)F)[C@@H](CC(C)C)CN1CC2. The Hall–Kier alpha value is -5.56. The average Bonchev–Trinajstić information content (AvgIpc) is 3.39. The minimum Gasteiger partial charge on any atom is -0.493 e. The molecule has 0 saturated carbocycles. The molecule has 4 aliphatic rings. The van der Waals surface area contributed by atoms with Crippen molar-refractivity contribution in [1.82, 2.24) is 9.80 Å². The van der Waals surface area contributed by atoms with Gasteiger partial charge in [0.05, 0.1) is 28.4 Å². The minimum atomic E-state index is -5.02. The molecule has 76 heavy (non-hydrogen) atoms. The fraction of sp³-hybridized carbons (Fsp3) is 0.552. The first-order valence-corrected chi connectivity index (χ1v) is 25.9. The first-order valence-electron chi connectivity index (χ1n) is 25.9. The van der Waals surface area contributed by atoms with Crippen LogP contribution in [0.5, 0.6) is 23.0 Å². The maximum atomic E-state index is 14.5. The predicted octanol–water partition coefficient (Wildman–Crippen LogP) is 11.4. The summed E-state index contributed by atoms with van der Waals surface area (Å²) >= 11 is 0. The van der Waals surface area contributed by atoms with Crippen LogP contribution in [0.15, 0.2) is 84.9 Å². The van der Waals surface area contributed by atoms with Crippen molar-refractivity contribution in [2.45, 2.75) is 114 Å². The van der Waals surface area contributed by atoms with Crippen LogP contribution in [0.25, 0.3) is 0 Å². The van der Waals surface area contributed by atoms with E-state index in [9.17, 15) is 35.9 Å². The Kier molecular flexibility index (Phi) is 18.3. The van der Waals surface area contributed by atoms with Gasteiger partial charge < -0.3 is 37.9 Å². The van der Waals surface area contributed by atoms with Crippen molar-refractivity contribution < 1.29 is 73.8 Å². The maximum Gasteiger partial charge on any atom is 0.432 e. The molecule has 4 aromatic rings. The first-order chi connectivity index (χ1) is 36.1. The van der Waals surface area contributed by atoms with E-state index in [0.29, 0.717) is 48.9 Å². The molecular weight excluding hydrogens is 999 g/mol. The molecule has 4 heterocycles. The molecule has 2 saturated heterocycles. The van der Waals surface area contributed by atoms with Crippen molar-refractivity contribution in [1.29, 1.82) is 0 Å². The van der Waals surface area contributed by atoms with Gasteiger partial charge in [-0.1, -0.05) is 88.4 Å². The number of ether oxygens (including phenoxy) is 8. The maximum absolute atomic E-state index is 14.5. The third kappa shape index (κ3) is 11.5. The minimum absolute atomic E-state index is 0.115. The number of carbonyl (C=O) groups is 2. The highest BCUT2D eigenvalue weighted by Crippen LogP contribution is 2.50. The highest BCUT2D eigenvalue weighted by Gasteiger charge is 2.66. The van der Waals surface area contributed by atoms with E-state index in [1.807, 2.05) is 24.3 Å². The third-order valence-electron chi connectivity index (χ3n) is 15.5. The van der Waals surface area contributed by atoms with Gasteiger partial charge in [-0.2, -0.15) is 26.3 Å². The monoisotopic (exact) mass is 1070 g/mol. The van der Waals surface area contributed by atoms with Gasteiger partial charge in [-0.05, 0) is 84.0 Å². The fourth-order valence-corrected chi connectivity index (χ4v) is 12.0. The summed E-state index contributed by atoms with van der Waals surface area (Å²) in [6.45, 7) is 11.1. The number of benzene rings is 4. The Labute approximate surface area is 442 Å². The van der Waals surface area contributed by atoms with Crippen molar-refractivity contribution >= 4 is 11.9 Å². The molecule has 4 aromatic carbocycles. The summed E-state index contributed by atoms with van der Waals surface area (Å²) in [5.41, 5.74) is -2.80. The molecule has 4 aliphatic heterocycles. The number of piperidine rings is 2. The Morgan fingerprint density at radius 1 is 0.526 bits per heavy atom. The summed E-state index contributed by atoms with van der Waals surface area (Å²) in [4.78, 5) is 31.7. The van der Waals surface area contributed by atoms with Crippen LogP contribution in [0.1, 0.15) is 98.8 Å². The summed E-state index contributed by atoms with van der Waals surface area (Å²) < 4.78 is 131. The highest BCUT2D eigenvalue weighted by atomic mass is 19.4. The van der Waals surface area contributed by atoms with E-state index in [0.717, 1.165) is 75.2 Å². The van der Waals surface area contributed by atoms with Gasteiger partial charge in [0.2, 0.25) is 0 Å². The van der Waals surface area contributed by atoms with Crippen molar-refractivity contribution in [3.8, 4) is 23.0 Å². The molecule has 12 nitrogen and oxygen atoms in total. The number of hydrogen-bond donors (Lipinski definition) is 0. The molecule has 0 radical (unpaired) electrons. The standard InChI is InChI=1S/2C29H36F3NO5/c2*1-18(2)13-20-17-33-12-11-19-14-25(35-3)26(36-4)15-22(19)23(33)16-24(20)38-27(34)28(37-5,29(30,31)32)21-9-7-6-8-10-21/h2*6-10,14-15,18,20,23-24H,11-13,16-17H2,1-5H3/t2*20-,23+,24+,28-/m10/s1. The van der Waals surface area contributed by atoms with E-state index in [2.05, 4.69) is 37.5 Å². The summed E-state index contributed by atoms with van der Waals surface area (Å²) in [5.74, 6) is -0.0974. The molecule has 0 aliphatic carbocycles. The molecule has 416 valence electrons. The zero-order valence-corrected chi connectivity index (χ0v) is 45.0. The van der Waals surface area contributed by atoms with Gasteiger partial charge in [0.25, 0.3) is 11.2 Å². The quantitative estimate of drug-likeness (QED) is 0.0786. The first kappa shape index (κ1) is 58.1. The molecule has 0 unspecified atom stereocenters. The molecule has 0 amide bonds. The van der Waals surface area contributed by atoms with Crippen LogP contribution in [0, 0.1) is 23.7 Å². The van der Waals surface area contributed by atoms with E-state index in [-0.39, 0.29) is 46.9 Å². The molecule has 18 heteroatoms. The number of rotatable bonds is 16. The van der Waals surface area contributed by atoms with Gasteiger partial charge in [-0.15, -0.1) is 0 Å². The Bertz CT molecular complexity index is 2420. The highest BCUT2D eigenvalue weighted by molar-refractivity contribution is 5.83. The zero-order valence-electron chi connectivity index (χ0n) is 45.0. The summed E-state index contributed by atoms with van der Waals surface area (Å²) in [7, 11) is 8.10. The number of hydrogen-bond acceptors (Lipinski definition) is 12. The Morgan fingerprint density at radius 3 is 1.14 bits per heavy atom. The van der Waals surface area contributed by atoms with Gasteiger partial charge in [0, 0.05) is 88.3 Å². The second-order valence-corrected chi connectivity index (χ2v) is 21.0. The van der Waals surface area contributed by atoms with Crippen LogP contribution in [0.2, 0.25) is 0 Å². The van der Waals surface area contributed by atoms with Gasteiger partial charge in [0.15, 0.2) is 23.0 Å². The lowest BCUT2D eigenvalue weighted by Gasteiger charge is -2.47. The van der Waals surface area contributed by atoms with Crippen LogP contribution in [0.3, 0.4) is 0 Å². The van der Waals surface area contributed by atoms with E-state index in [4.69, 9.17) is 37.9 Å². The smallest absolute Gasteiger partial charge is 0.432 e. The van der Waals surface area contributed by atoms with Gasteiger partial charge in [-0.3, -0.25) is 9.80 Å². The van der Waals surface area contributed by atoms with E-state index in [1.54, 1.807) is 40.6 Å². The second-order valence-electron chi connectivity index (χ2n) is 21.0. The lowest BCUT2D eigenvalue weighted by atomic mass is 9.79. The lowest BCUT2D eigenvalue weighted by molar-refractivity contribution is -0.280. The average molecular weight is 1070 g/mol. The zero-order chi connectivity index (χ0) is 55.3. The molecular formula is C58H72F6N2O10. The van der Waals surface area contributed by atoms with Crippen LogP contribution < -0.4 is 18.9 Å². The van der Waals surface area contributed by atoms with Gasteiger partial charge in [-0.25, -0.2) is 9.59 Å². The molecule has 0 spiro atoms. The lowest BCUT2D eigenvalue weighted by Crippen LogP contribution is -2.55. The number of alkyl halides is 6. The van der Waals surface area contributed by atoms with E-state index in [1.165, 1.54) is 48.5 Å². The summed E-state index contributed by atoms with van der Waals surface area (Å²) in [6.07, 6.45) is -7.65. The van der Waals surface area contributed by atoms with Crippen LogP contribution >= 0.6 is 0 Å². The second kappa shape index (κ2) is 24.0. The number of halogens is 6. The number of methoxy groups -OCH3 is 6. The normalized spacial score (nSPS) is 23.2. The van der Waals surface area contributed by atoms with Crippen molar-refractivity contribution in [2.75, 3.05) is 68.8 Å². The van der Waals surface area contributed by atoms with Gasteiger partial charge >= 0.3 is 24.3 Å². The van der Waals surface area contributed by atoms with Crippen LogP contribution in [-0.4, -0.2) is 115 Å². The Balaban J connectivity index is 0.000000221. The number of carbonyl (C=O) groups excluding carboxylic acids is 2. The molecule has 2 fully saturated rings. The topological polar surface area (TPSA) is 114 Å². The number of fused-ring (bicyclic) bond motifs is 6. The van der Waals surface area contributed by atoms with Crippen molar-refractivity contribution in [3.05, 3.63) is 118 Å². The molecule has 0 bridgehead atoms. The summed E-state index contributed by atoms with van der Waals surface area (Å²) in [6, 6.07) is 21.5. The largest absolute Gasteiger partial charge is 0.493 e. The third-order valence-corrected chi connectivity index (χ3v) is 15.5. The molecule has 8 rings (SSSR count). The Morgan fingerprint density at radius 2 is 0.855 bits per heavy atom. The molecule has 0 N–H and O–H groups in total. The predicted molar refractivity (Wildman–Crippen MR) is 272 cm³/mol. The number of esters is 2. The molecule has 8 atom stereocenters. The van der Waals surface area contributed by atoms with E-state index >= 15 is 0 Å². The molecule has 0 aromatic heterocycles. The summed E-state index contributed by atoms with van der Waals surface area (Å²) in [5, 5.41) is 0.